The van der Waals surface area contributed by atoms with Crippen LogP contribution in [0.2, 0.25) is 0 Å². The van der Waals surface area contributed by atoms with Gasteiger partial charge in [-0.1, -0.05) is 35.0 Å². The summed E-state index contributed by atoms with van der Waals surface area (Å²) in [4.78, 5) is 2.62. The van der Waals surface area contributed by atoms with E-state index in [0.29, 0.717) is 6.04 Å². The minimum Gasteiger partial charge on any atom is -0.311 e. The fraction of sp³-hybridized carbons (Fsp3) is 0.600. The summed E-state index contributed by atoms with van der Waals surface area (Å²) < 4.78 is 1.17. The average molecular weight is 311 g/mol. The number of hydrogen-bond acceptors (Lipinski definition) is 2. The van der Waals surface area contributed by atoms with E-state index in [-0.39, 0.29) is 5.54 Å². The summed E-state index contributed by atoms with van der Waals surface area (Å²) >= 11 is 3.55. The molecule has 1 aromatic rings. The van der Waals surface area contributed by atoms with Crippen molar-refractivity contribution in [2.45, 2.75) is 45.3 Å². The second-order valence-corrected chi connectivity index (χ2v) is 6.56. The van der Waals surface area contributed by atoms with Crippen LogP contribution in [-0.4, -0.2) is 29.6 Å². The van der Waals surface area contributed by atoms with Crippen molar-refractivity contribution in [2.24, 2.45) is 0 Å². The zero-order valence-corrected chi connectivity index (χ0v) is 13.1. The normalized spacial score (nSPS) is 29.4. The van der Waals surface area contributed by atoms with E-state index in [1.54, 1.807) is 0 Å². The predicted octanol–water partition coefficient (Wildman–Crippen LogP) is 3.41. The van der Waals surface area contributed by atoms with Crippen molar-refractivity contribution in [3.05, 3.63) is 34.3 Å². The first-order valence-corrected chi connectivity index (χ1v) is 7.56. The smallest absolute Gasteiger partial charge is 0.0307 e. The number of piperazine rings is 1. The Bertz CT molecular complexity index is 407. The second kappa shape index (κ2) is 5.72. The molecular weight excluding hydrogens is 288 g/mol. The molecule has 2 nitrogen and oxygen atoms in total. The molecule has 1 aromatic carbocycles. The van der Waals surface area contributed by atoms with Crippen LogP contribution in [0.4, 0.5) is 0 Å². The van der Waals surface area contributed by atoms with Gasteiger partial charge in [0, 0.05) is 35.7 Å². The first-order chi connectivity index (χ1) is 8.53. The van der Waals surface area contributed by atoms with Gasteiger partial charge in [0.15, 0.2) is 0 Å². The van der Waals surface area contributed by atoms with Gasteiger partial charge >= 0.3 is 0 Å². The van der Waals surface area contributed by atoms with Gasteiger partial charge in [-0.15, -0.1) is 0 Å². The monoisotopic (exact) mass is 310 g/mol. The van der Waals surface area contributed by atoms with E-state index >= 15 is 0 Å². The standard InChI is InChI=1S/C15H23BrN2/c1-4-15(3)11-17-12(2)9-18(15)10-13-6-5-7-14(16)8-13/h5-8,12,17H,4,9-11H2,1-3H3. The van der Waals surface area contributed by atoms with Crippen LogP contribution in [0.1, 0.15) is 32.8 Å². The first kappa shape index (κ1) is 14.0. The quantitative estimate of drug-likeness (QED) is 0.920. The zero-order valence-electron chi connectivity index (χ0n) is 11.5. The average Bonchev–Trinajstić information content (AvgIpc) is 2.34. The molecule has 1 aliphatic rings. The highest BCUT2D eigenvalue weighted by Crippen LogP contribution is 2.25. The number of rotatable bonds is 3. The summed E-state index contributed by atoms with van der Waals surface area (Å²) in [6.45, 7) is 10.2. The van der Waals surface area contributed by atoms with Gasteiger partial charge in [-0.2, -0.15) is 0 Å². The molecule has 1 fully saturated rings. The molecule has 2 unspecified atom stereocenters. The van der Waals surface area contributed by atoms with Gasteiger partial charge in [0.1, 0.15) is 0 Å². The first-order valence-electron chi connectivity index (χ1n) is 6.76. The van der Waals surface area contributed by atoms with Crippen LogP contribution >= 0.6 is 15.9 Å². The summed E-state index contributed by atoms with van der Waals surface area (Å²) in [5.74, 6) is 0. The molecule has 1 aliphatic heterocycles. The lowest BCUT2D eigenvalue weighted by Gasteiger charge is -2.47. The lowest BCUT2D eigenvalue weighted by molar-refractivity contribution is 0.0453. The van der Waals surface area contributed by atoms with Crippen LogP contribution in [0.15, 0.2) is 28.7 Å². The Kier molecular flexibility index (Phi) is 4.46. The minimum atomic E-state index is 0.273. The summed E-state index contributed by atoms with van der Waals surface area (Å²) in [7, 11) is 0. The Balaban J connectivity index is 2.14. The largest absolute Gasteiger partial charge is 0.311 e. The van der Waals surface area contributed by atoms with Crippen LogP contribution in [-0.2, 0) is 6.54 Å². The van der Waals surface area contributed by atoms with E-state index in [9.17, 15) is 0 Å². The Morgan fingerprint density at radius 1 is 1.50 bits per heavy atom. The Morgan fingerprint density at radius 3 is 2.94 bits per heavy atom. The van der Waals surface area contributed by atoms with Gasteiger partial charge in [-0.25, -0.2) is 0 Å². The summed E-state index contributed by atoms with van der Waals surface area (Å²) in [6, 6.07) is 9.23. The van der Waals surface area contributed by atoms with Crippen molar-refractivity contribution in [2.75, 3.05) is 13.1 Å². The fourth-order valence-electron chi connectivity index (χ4n) is 2.58. The summed E-state index contributed by atoms with van der Waals surface area (Å²) in [5.41, 5.74) is 1.66. The van der Waals surface area contributed by atoms with Crippen molar-refractivity contribution in [1.29, 1.82) is 0 Å². The van der Waals surface area contributed by atoms with Gasteiger partial charge < -0.3 is 5.32 Å². The maximum Gasteiger partial charge on any atom is 0.0307 e. The third-order valence-corrected chi connectivity index (χ3v) is 4.61. The molecule has 2 rings (SSSR count). The van der Waals surface area contributed by atoms with Crippen molar-refractivity contribution < 1.29 is 0 Å². The molecule has 0 aliphatic carbocycles. The highest BCUT2D eigenvalue weighted by Gasteiger charge is 2.34. The van der Waals surface area contributed by atoms with E-state index in [1.807, 2.05) is 0 Å². The highest BCUT2D eigenvalue weighted by molar-refractivity contribution is 9.10. The molecular formula is C15H23BrN2. The minimum absolute atomic E-state index is 0.273. The van der Waals surface area contributed by atoms with E-state index in [2.05, 4.69) is 71.2 Å². The number of nitrogens with one attached hydrogen (secondary N) is 1. The van der Waals surface area contributed by atoms with Gasteiger partial charge in [0.05, 0.1) is 0 Å². The number of benzene rings is 1. The van der Waals surface area contributed by atoms with Crippen molar-refractivity contribution >= 4 is 15.9 Å². The third kappa shape index (κ3) is 3.14. The van der Waals surface area contributed by atoms with Crippen molar-refractivity contribution in [3.8, 4) is 0 Å². The van der Waals surface area contributed by atoms with Gasteiger partial charge in [-0.3, -0.25) is 4.90 Å². The molecule has 0 bridgehead atoms. The summed E-state index contributed by atoms with van der Waals surface area (Å²) in [5, 5.41) is 3.60. The van der Waals surface area contributed by atoms with Gasteiger partial charge in [-0.05, 0) is 38.0 Å². The van der Waals surface area contributed by atoms with Crippen LogP contribution in [0.3, 0.4) is 0 Å². The molecule has 0 radical (unpaired) electrons. The molecule has 100 valence electrons. The Labute approximate surface area is 119 Å². The Morgan fingerprint density at radius 2 is 2.28 bits per heavy atom. The van der Waals surface area contributed by atoms with Crippen molar-refractivity contribution in [1.82, 2.24) is 10.2 Å². The van der Waals surface area contributed by atoms with Gasteiger partial charge in [0.2, 0.25) is 0 Å². The molecule has 0 aromatic heterocycles. The third-order valence-electron chi connectivity index (χ3n) is 4.11. The maximum absolute atomic E-state index is 3.60. The van der Waals surface area contributed by atoms with E-state index in [4.69, 9.17) is 0 Å². The molecule has 0 spiro atoms. The molecule has 1 saturated heterocycles. The Hall–Kier alpha value is -0.380. The topological polar surface area (TPSA) is 15.3 Å². The number of hydrogen-bond donors (Lipinski definition) is 1. The maximum atomic E-state index is 3.60. The molecule has 1 N–H and O–H groups in total. The van der Waals surface area contributed by atoms with E-state index in [0.717, 1.165) is 19.6 Å². The van der Waals surface area contributed by atoms with Crippen LogP contribution in [0.5, 0.6) is 0 Å². The van der Waals surface area contributed by atoms with Gasteiger partial charge in [0.25, 0.3) is 0 Å². The molecule has 1 heterocycles. The van der Waals surface area contributed by atoms with Crippen LogP contribution in [0, 0.1) is 0 Å². The molecule has 0 saturated carbocycles. The predicted molar refractivity (Wildman–Crippen MR) is 80.7 cm³/mol. The van der Waals surface area contributed by atoms with Crippen LogP contribution < -0.4 is 5.32 Å². The summed E-state index contributed by atoms with van der Waals surface area (Å²) in [6.07, 6.45) is 1.18. The molecule has 2 atom stereocenters. The number of halogens is 1. The van der Waals surface area contributed by atoms with E-state index < -0.39 is 0 Å². The zero-order chi connectivity index (χ0) is 13.2. The lowest BCUT2D eigenvalue weighted by atomic mass is 9.92. The molecule has 0 amide bonds. The van der Waals surface area contributed by atoms with E-state index in [1.165, 1.54) is 16.5 Å². The number of nitrogens with zero attached hydrogens (tertiary/aromatic N) is 1. The van der Waals surface area contributed by atoms with Crippen molar-refractivity contribution in [3.63, 3.8) is 0 Å². The highest BCUT2D eigenvalue weighted by atomic mass is 79.9. The SMILES string of the molecule is CCC1(C)CNC(C)CN1Cc1cccc(Br)c1. The van der Waals surface area contributed by atoms with Crippen LogP contribution in [0.25, 0.3) is 0 Å². The second-order valence-electron chi connectivity index (χ2n) is 5.64. The molecule has 3 heteroatoms. The lowest BCUT2D eigenvalue weighted by Crippen LogP contribution is -2.61. The fourth-order valence-corrected chi connectivity index (χ4v) is 3.03. The molecule has 18 heavy (non-hydrogen) atoms.